The molecule has 1 nitrogen and oxygen atoms in total. The van der Waals surface area contributed by atoms with Crippen molar-refractivity contribution in [2.45, 2.75) is 26.3 Å². The summed E-state index contributed by atoms with van der Waals surface area (Å²) < 4.78 is 23.9. The van der Waals surface area contributed by atoms with Crippen LogP contribution in [0.15, 0.2) is 24.3 Å². The predicted molar refractivity (Wildman–Crippen MR) is 53.6 cm³/mol. The summed E-state index contributed by atoms with van der Waals surface area (Å²) >= 11 is 0. The molecule has 0 unspecified atom stereocenters. The molecule has 78 valence electrons. The fourth-order valence-corrected chi connectivity index (χ4v) is 1.45. The van der Waals surface area contributed by atoms with Crippen LogP contribution in [0.4, 0.5) is 8.78 Å². The van der Waals surface area contributed by atoms with Gasteiger partial charge in [-0.1, -0.05) is 24.3 Å². The fourth-order valence-electron chi connectivity index (χ4n) is 1.45. The fraction of sp³-hybridized carbons (Fsp3) is 0.455. The third kappa shape index (κ3) is 3.07. The molecule has 14 heavy (non-hydrogen) atoms. The summed E-state index contributed by atoms with van der Waals surface area (Å²) in [4.78, 5) is 0. The van der Waals surface area contributed by atoms with Gasteiger partial charge in [-0.15, -0.1) is 0 Å². The van der Waals surface area contributed by atoms with E-state index in [2.05, 4.69) is 5.32 Å². The van der Waals surface area contributed by atoms with Gasteiger partial charge in [-0.2, -0.15) is 0 Å². The molecule has 0 amide bonds. The molecular weight excluding hydrogens is 184 g/mol. The Morgan fingerprint density at radius 3 is 2.50 bits per heavy atom. The Balaban J connectivity index is 2.60. The molecule has 1 atom stereocenters. The van der Waals surface area contributed by atoms with Gasteiger partial charge in [0, 0.05) is 6.04 Å². The second-order valence-corrected chi connectivity index (χ2v) is 3.38. The highest BCUT2D eigenvalue weighted by Crippen LogP contribution is 2.16. The molecule has 1 aromatic rings. The Labute approximate surface area is 83.1 Å². The predicted octanol–water partition coefficient (Wildman–Crippen LogP) is 2.91. The molecule has 0 radical (unpaired) electrons. The Morgan fingerprint density at radius 1 is 1.29 bits per heavy atom. The SMILES string of the molecule is Cc1ccccc1[C@H](C)NCC(F)F. The van der Waals surface area contributed by atoms with Crippen LogP contribution >= 0.6 is 0 Å². The maximum atomic E-state index is 11.9. The summed E-state index contributed by atoms with van der Waals surface area (Å²) in [6.45, 7) is 3.62. The van der Waals surface area contributed by atoms with E-state index in [9.17, 15) is 8.78 Å². The molecule has 0 bridgehead atoms. The maximum absolute atomic E-state index is 11.9. The molecule has 0 saturated carbocycles. The monoisotopic (exact) mass is 199 g/mol. The minimum absolute atomic E-state index is 0.0230. The summed E-state index contributed by atoms with van der Waals surface area (Å²) in [6.07, 6.45) is -2.29. The van der Waals surface area contributed by atoms with Crippen molar-refractivity contribution in [3.05, 3.63) is 35.4 Å². The molecule has 0 aromatic heterocycles. The van der Waals surface area contributed by atoms with Gasteiger partial charge < -0.3 is 5.32 Å². The molecule has 0 saturated heterocycles. The van der Waals surface area contributed by atoms with Gasteiger partial charge in [0.2, 0.25) is 0 Å². The number of aryl methyl sites for hydroxylation is 1. The smallest absolute Gasteiger partial charge is 0.250 e. The van der Waals surface area contributed by atoms with E-state index in [0.717, 1.165) is 11.1 Å². The van der Waals surface area contributed by atoms with Gasteiger partial charge >= 0.3 is 0 Å². The molecule has 0 aliphatic carbocycles. The van der Waals surface area contributed by atoms with Crippen LogP contribution in [0.25, 0.3) is 0 Å². The Morgan fingerprint density at radius 2 is 1.93 bits per heavy atom. The van der Waals surface area contributed by atoms with Crippen molar-refractivity contribution in [1.82, 2.24) is 5.32 Å². The van der Waals surface area contributed by atoms with Crippen molar-refractivity contribution < 1.29 is 8.78 Å². The van der Waals surface area contributed by atoms with E-state index in [-0.39, 0.29) is 12.6 Å². The van der Waals surface area contributed by atoms with Crippen molar-refractivity contribution in [2.24, 2.45) is 0 Å². The summed E-state index contributed by atoms with van der Waals surface area (Å²) in [7, 11) is 0. The van der Waals surface area contributed by atoms with E-state index in [1.807, 2.05) is 38.1 Å². The number of nitrogens with one attached hydrogen (secondary N) is 1. The average molecular weight is 199 g/mol. The highest BCUT2D eigenvalue weighted by atomic mass is 19.3. The van der Waals surface area contributed by atoms with Crippen LogP contribution in [0.1, 0.15) is 24.1 Å². The summed E-state index contributed by atoms with van der Waals surface area (Å²) in [5.74, 6) is 0. The number of halogens is 2. The highest BCUT2D eigenvalue weighted by molar-refractivity contribution is 5.28. The van der Waals surface area contributed by atoms with Gasteiger partial charge in [0.1, 0.15) is 0 Å². The summed E-state index contributed by atoms with van der Waals surface area (Å²) in [5, 5.41) is 2.79. The van der Waals surface area contributed by atoms with Crippen LogP contribution in [0.2, 0.25) is 0 Å². The van der Waals surface area contributed by atoms with Crippen molar-refractivity contribution >= 4 is 0 Å². The minimum Gasteiger partial charge on any atom is -0.305 e. The number of rotatable bonds is 4. The van der Waals surface area contributed by atoms with Crippen molar-refractivity contribution in [1.29, 1.82) is 0 Å². The minimum atomic E-state index is -2.29. The molecule has 0 aliphatic rings. The Bertz CT molecular complexity index is 286. The lowest BCUT2D eigenvalue weighted by atomic mass is 10.0. The Hall–Kier alpha value is -0.960. The van der Waals surface area contributed by atoms with Gasteiger partial charge in [-0.05, 0) is 25.0 Å². The van der Waals surface area contributed by atoms with Crippen LogP contribution < -0.4 is 5.32 Å². The lowest BCUT2D eigenvalue weighted by Crippen LogP contribution is -2.25. The molecule has 0 spiro atoms. The average Bonchev–Trinajstić information content (AvgIpc) is 2.15. The second kappa shape index (κ2) is 5.05. The first kappa shape index (κ1) is 11.1. The third-order valence-electron chi connectivity index (χ3n) is 2.23. The summed E-state index contributed by atoms with van der Waals surface area (Å²) in [6, 6.07) is 7.78. The van der Waals surface area contributed by atoms with Gasteiger partial charge in [0.15, 0.2) is 0 Å². The van der Waals surface area contributed by atoms with Gasteiger partial charge in [0.05, 0.1) is 6.54 Å². The first-order valence-electron chi connectivity index (χ1n) is 4.68. The quantitative estimate of drug-likeness (QED) is 0.786. The molecule has 1 N–H and O–H groups in total. The van der Waals surface area contributed by atoms with Gasteiger partial charge in [-0.3, -0.25) is 0 Å². The number of hydrogen-bond donors (Lipinski definition) is 1. The van der Waals surface area contributed by atoms with Gasteiger partial charge in [0.25, 0.3) is 6.43 Å². The van der Waals surface area contributed by atoms with Crippen molar-refractivity contribution in [2.75, 3.05) is 6.54 Å². The van der Waals surface area contributed by atoms with Crippen LogP contribution in [-0.2, 0) is 0 Å². The van der Waals surface area contributed by atoms with E-state index in [1.165, 1.54) is 0 Å². The van der Waals surface area contributed by atoms with Gasteiger partial charge in [-0.25, -0.2) is 8.78 Å². The molecule has 1 rings (SSSR count). The van der Waals surface area contributed by atoms with E-state index in [0.29, 0.717) is 0 Å². The Kier molecular flexibility index (Phi) is 4.01. The molecule has 0 aliphatic heterocycles. The van der Waals surface area contributed by atoms with Crippen LogP contribution in [-0.4, -0.2) is 13.0 Å². The zero-order chi connectivity index (χ0) is 10.6. The van der Waals surface area contributed by atoms with E-state index in [1.54, 1.807) is 0 Å². The third-order valence-corrected chi connectivity index (χ3v) is 2.23. The molecule has 0 fully saturated rings. The molecular formula is C11H15F2N. The van der Waals surface area contributed by atoms with Crippen LogP contribution in [0.3, 0.4) is 0 Å². The zero-order valence-electron chi connectivity index (χ0n) is 8.43. The maximum Gasteiger partial charge on any atom is 0.250 e. The normalized spacial score (nSPS) is 13.2. The largest absolute Gasteiger partial charge is 0.305 e. The lowest BCUT2D eigenvalue weighted by Gasteiger charge is -2.15. The first-order chi connectivity index (χ1) is 6.61. The highest BCUT2D eigenvalue weighted by Gasteiger charge is 2.09. The van der Waals surface area contributed by atoms with E-state index < -0.39 is 6.43 Å². The zero-order valence-corrected chi connectivity index (χ0v) is 8.43. The van der Waals surface area contributed by atoms with Crippen LogP contribution in [0.5, 0.6) is 0 Å². The van der Waals surface area contributed by atoms with Crippen LogP contribution in [0, 0.1) is 6.92 Å². The standard InChI is InChI=1S/C11H15F2N/c1-8-5-3-4-6-10(8)9(2)14-7-11(12)13/h3-6,9,11,14H,7H2,1-2H3/t9-/m0/s1. The lowest BCUT2D eigenvalue weighted by molar-refractivity contribution is 0.142. The van der Waals surface area contributed by atoms with Crippen molar-refractivity contribution in [3.8, 4) is 0 Å². The number of alkyl halides is 2. The number of benzene rings is 1. The van der Waals surface area contributed by atoms with E-state index >= 15 is 0 Å². The topological polar surface area (TPSA) is 12.0 Å². The second-order valence-electron chi connectivity index (χ2n) is 3.38. The summed E-state index contributed by atoms with van der Waals surface area (Å²) in [5.41, 5.74) is 2.20. The van der Waals surface area contributed by atoms with E-state index in [4.69, 9.17) is 0 Å². The molecule has 3 heteroatoms. The molecule has 0 heterocycles. The molecule has 1 aromatic carbocycles. The first-order valence-corrected chi connectivity index (χ1v) is 4.68. The number of hydrogen-bond acceptors (Lipinski definition) is 1. The van der Waals surface area contributed by atoms with Crippen molar-refractivity contribution in [3.63, 3.8) is 0 Å².